The third-order valence-corrected chi connectivity index (χ3v) is 4.02. The van der Waals surface area contributed by atoms with Crippen LogP contribution in [-0.2, 0) is 24.2 Å². The van der Waals surface area contributed by atoms with Crippen molar-refractivity contribution < 1.29 is 27.9 Å². The molecule has 0 aliphatic carbocycles. The van der Waals surface area contributed by atoms with Gasteiger partial charge in [-0.05, 0) is 18.8 Å². The number of carboxylic acids is 1. The molecule has 1 amide bonds. The Kier molecular flexibility index (Phi) is 5.30. The molecule has 0 aromatic heterocycles. The third-order valence-electron chi connectivity index (χ3n) is 3.04. The van der Waals surface area contributed by atoms with Crippen LogP contribution in [0.25, 0.3) is 0 Å². The highest BCUT2D eigenvalue weighted by Crippen LogP contribution is 2.20. The highest BCUT2D eigenvalue weighted by atomic mass is 32.2. The molecular formula is C11H19NO6S. The molecule has 7 nitrogen and oxygen atoms in total. The summed E-state index contributed by atoms with van der Waals surface area (Å²) in [6.07, 6.45) is 0.968. The molecule has 0 bridgehead atoms. The fourth-order valence-corrected chi connectivity index (χ4v) is 2.54. The molecule has 1 heterocycles. The molecule has 0 aromatic rings. The van der Waals surface area contributed by atoms with Gasteiger partial charge in [-0.1, -0.05) is 6.92 Å². The number of sulfone groups is 1. The molecule has 19 heavy (non-hydrogen) atoms. The fraction of sp³-hybridized carbons (Fsp3) is 0.818. The second-order valence-corrected chi connectivity index (χ2v) is 7.14. The normalized spacial score (nSPS) is 24.9. The molecule has 8 heteroatoms. The molecule has 1 aliphatic rings. The largest absolute Gasteiger partial charge is 0.480 e. The number of rotatable bonds is 6. The van der Waals surface area contributed by atoms with Gasteiger partial charge in [-0.15, -0.1) is 0 Å². The Morgan fingerprint density at radius 3 is 2.53 bits per heavy atom. The zero-order valence-electron chi connectivity index (χ0n) is 11.0. The van der Waals surface area contributed by atoms with Gasteiger partial charge in [-0.2, -0.15) is 0 Å². The Morgan fingerprint density at radius 1 is 1.47 bits per heavy atom. The molecule has 0 saturated carbocycles. The van der Waals surface area contributed by atoms with E-state index in [4.69, 9.17) is 9.84 Å². The quantitative estimate of drug-likeness (QED) is 0.677. The number of carbonyl (C=O) groups is 2. The predicted octanol–water partition coefficient (Wildman–Crippen LogP) is -0.584. The first kappa shape index (κ1) is 15.9. The lowest BCUT2D eigenvalue weighted by atomic mass is 10.0. The number of amides is 1. The number of hydrogen-bond donors (Lipinski definition) is 2. The van der Waals surface area contributed by atoms with Crippen LogP contribution in [0.2, 0.25) is 0 Å². The van der Waals surface area contributed by atoms with Crippen LogP contribution < -0.4 is 5.32 Å². The van der Waals surface area contributed by atoms with Crippen LogP contribution in [0.15, 0.2) is 0 Å². The van der Waals surface area contributed by atoms with Gasteiger partial charge in [-0.3, -0.25) is 4.79 Å². The summed E-state index contributed by atoms with van der Waals surface area (Å²) in [7, 11) is -3.26. The minimum Gasteiger partial charge on any atom is -0.480 e. The van der Waals surface area contributed by atoms with Crippen molar-refractivity contribution in [3.8, 4) is 0 Å². The highest BCUT2D eigenvalue weighted by Gasteiger charge is 2.33. The molecule has 0 radical (unpaired) electrons. The maximum absolute atomic E-state index is 11.8. The van der Waals surface area contributed by atoms with Crippen molar-refractivity contribution in [1.29, 1.82) is 0 Å². The number of nitrogens with one attached hydrogen (secondary N) is 1. The van der Waals surface area contributed by atoms with Crippen LogP contribution >= 0.6 is 0 Å². The van der Waals surface area contributed by atoms with E-state index in [0.717, 1.165) is 12.7 Å². The first-order valence-electron chi connectivity index (χ1n) is 6.03. The van der Waals surface area contributed by atoms with Crippen LogP contribution in [0.4, 0.5) is 0 Å². The summed E-state index contributed by atoms with van der Waals surface area (Å²) in [6, 6.07) is -1.21. The minimum absolute atomic E-state index is 0.0318. The first-order chi connectivity index (χ1) is 8.70. The maximum Gasteiger partial charge on any atom is 0.326 e. The lowest BCUT2D eigenvalue weighted by molar-refractivity contribution is -0.144. The van der Waals surface area contributed by atoms with Gasteiger partial charge in [0.15, 0.2) is 0 Å². The van der Waals surface area contributed by atoms with Crippen molar-refractivity contribution in [2.75, 3.05) is 18.6 Å². The Bertz CT molecular complexity index is 446. The first-order valence-corrected chi connectivity index (χ1v) is 8.09. The molecular weight excluding hydrogens is 274 g/mol. The Morgan fingerprint density at radius 2 is 2.11 bits per heavy atom. The molecule has 1 fully saturated rings. The zero-order valence-corrected chi connectivity index (χ0v) is 11.8. The highest BCUT2D eigenvalue weighted by molar-refractivity contribution is 7.90. The Hall–Kier alpha value is -1.15. The number of hydrogen-bond acceptors (Lipinski definition) is 5. The van der Waals surface area contributed by atoms with Crippen molar-refractivity contribution >= 4 is 21.7 Å². The van der Waals surface area contributed by atoms with Gasteiger partial charge in [-0.25, -0.2) is 13.2 Å². The van der Waals surface area contributed by atoms with Crippen LogP contribution in [0.1, 0.15) is 19.8 Å². The molecule has 1 rings (SSSR count). The topological polar surface area (TPSA) is 110 Å². The van der Waals surface area contributed by atoms with E-state index in [9.17, 15) is 18.0 Å². The van der Waals surface area contributed by atoms with Crippen LogP contribution in [0, 0.1) is 5.92 Å². The monoisotopic (exact) mass is 293 g/mol. The van der Waals surface area contributed by atoms with E-state index in [2.05, 4.69) is 5.32 Å². The number of carbonyl (C=O) groups excluding carboxylic acids is 1. The molecule has 3 atom stereocenters. The summed E-state index contributed by atoms with van der Waals surface area (Å²) in [5, 5.41) is 11.3. The van der Waals surface area contributed by atoms with Gasteiger partial charge in [0.2, 0.25) is 5.91 Å². The van der Waals surface area contributed by atoms with Crippen LogP contribution in [0.5, 0.6) is 0 Å². The third kappa shape index (κ3) is 5.15. The van der Waals surface area contributed by atoms with Gasteiger partial charge >= 0.3 is 5.97 Å². The summed E-state index contributed by atoms with van der Waals surface area (Å²) >= 11 is 0. The number of aliphatic carboxylic acids is 1. The molecule has 3 unspecified atom stereocenters. The van der Waals surface area contributed by atoms with Crippen molar-refractivity contribution in [3.63, 3.8) is 0 Å². The average molecular weight is 293 g/mol. The van der Waals surface area contributed by atoms with E-state index < -0.39 is 33.9 Å². The van der Waals surface area contributed by atoms with E-state index in [-0.39, 0.29) is 18.1 Å². The summed E-state index contributed by atoms with van der Waals surface area (Å²) in [4.78, 5) is 22.8. The van der Waals surface area contributed by atoms with Crippen molar-refractivity contribution in [1.82, 2.24) is 5.32 Å². The van der Waals surface area contributed by atoms with E-state index in [1.807, 2.05) is 6.92 Å². The summed E-state index contributed by atoms with van der Waals surface area (Å²) in [5.41, 5.74) is 0. The standard InChI is InChI=1S/C11H19NO6S/c1-7-3-5-18-9(7)10(13)12-8(11(14)15)4-6-19(2,16)17/h7-9H,3-6H2,1-2H3,(H,12,13)(H,14,15). The van der Waals surface area contributed by atoms with Gasteiger partial charge in [0.1, 0.15) is 22.0 Å². The number of carboxylic acid groups (broad SMARTS) is 1. The van der Waals surface area contributed by atoms with E-state index in [1.54, 1.807) is 0 Å². The van der Waals surface area contributed by atoms with Gasteiger partial charge < -0.3 is 15.2 Å². The maximum atomic E-state index is 11.8. The fourth-order valence-electron chi connectivity index (χ4n) is 1.87. The van der Waals surface area contributed by atoms with Crippen molar-refractivity contribution in [2.45, 2.75) is 31.9 Å². The van der Waals surface area contributed by atoms with Gasteiger partial charge in [0.05, 0.1) is 5.75 Å². The average Bonchev–Trinajstić information content (AvgIpc) is 2.68. The Balaban J connectivity index is 2.58. The smallest absolute Gasteiger partial charge is 0.326 e. The lowest BCUT2D eigenvalue weighted by Crippen LogP contribution is -2.47. The molecule has 1 aliphatic heterocycles. The lowest BCUT2D eigenvalue weighted by Gasteiger charge is -2.19. The molecule has 0 aromatic carbocycles. The second-order valence-electron chi connectivity index (χ2n) is 4.88. The van der Waals surface area contributed by atoms with E-state index in [0.29, 0.717) is 6.61 Å². The van der Waals surface area contributed by atoms with Crippen LogP contribution in [0.3, 0.4) is 0 Å². The Labute approximate surface area is 112 Å². The summed E-state index contributed by atoms with van der Waals surface area (Å²) in [5.74, 6) is -2.00. The SMILES string of the molecule is CC1CCOC1C(=O)NC(CCS(C)(=O)=O)C(=O)O. The summed E-state index contributed by atoms with van der Waals surface area (Å²) in [6.45, 7) is 2.32. The van der Waals surface area contributed by atoms with Gasteiger partial charge in [0.25, 0.3) is 0 Å². The van der Waals surface area contributed by atoms with Crippen molar-refractivity contribution in [2.24, 2.45) is 5.92 Å². The van der Waals surface area contributed by atoms with E-state index in [1.165, 1.54) is 0 Å². The van der Waals surface area contributed by atoms with Crippen LogP contribution in [-0.4, -0.2) is 56.2 Å². The summed E-state index contributed by atoms with van der Waals surface area (Å²) < 4.78 is 27.3. The molecule has 2 N–H and O–H groups in total. The van der Waals surface area contributed by atoms with Gasteiger partial charge in [0, 0.05) is 12.9 Å². The number of ether oxygens (including phenoxy) is 1. The molecule has 1 saturated heterocycles. The molecule has 110 valence electrons. The van der Waals surface area contributed by atoms with Crippen molar-refractivity contribution in [3.05, 3.63) is 0 Å². The van der Waals surface area contributed by atoms with E-state index >= 15 is 0 Å². The second kappa shape index (κ2) is 6.33. The molecule has 0 spiro atoms. The predicted molar refractivity (Wildman–Crippen MR) is 67.4 cm³/mol. The minimum atomic E-state index is -3.26. The zero-order chi connectivity index (χ0) is 14.6.